The third kappa shape index (κ3) is 5.67. The van der Waals surface area contributed by atoms with Crippen molar-refractivity contribution in [3.05, 3.63) is 62.5 Å². The summed E-state index contributed by atoms with van der Waals surface area (Å²) in [5, 5.41) is 13.9. The summed E-state index contributed by atoms with van der Waals surface area (Å²) < 4.78 is 51.5. The number of benzene rings is 1. The maximum atomic E-state index is 13.9. The van der Waals surface area contributed by atoms with Crippen molar-refractivity contribution in [2.75, 3.05) is 19.0 Å². The molecule has 0 aliphatic carbocycles. The van der Waals surface area contributed by atoms with Crippen LogP contribution in [0.1, 0.15) is 31.2 Å². The van der Waals surface area contributed by atoms with Crippen LogP contribution in [-0.2, 0) is 19.1 Å². The smallest absolute Gasteiger partial charge is 0.431 e. The Morgan fingerprint density at radius 2 is 1.91 bits per heavy atom. The van der Waals surface area contributed by atoms with Crippen LogP contribution in [-0.4, -0.2) is 42.1 Å². The summed E-state index contributed by atoms with van der Waals surface area (Å²) in [4.78, 5) is 35.8. The number of carbonyl (C=O) groups excluding carboxylic acids is 2. The summed E-state index contributed by atoms with van der Waals surface area (Å²) in [5.41, 5.74) is -3.23. The van der Waals surface area contributed by atoms with Gasteiger partial charge in [-0.2, -0.15) is 13.2 Å². The number of carbonyl (C=O) groups is 2. The number of allylic oxidation sites excluding steroid dienone is 2. The number of nitro groups is 1. The molecule has 8 nitrogen and oxygen atoms in total. The van der Waals surface area contributed by atoms with Crippen LogP contribution in [0.4, 0.5) is 18.9 Å². The number of rotatable bonds is 8. The summed E-state index contributed by atoms with van der Waals surface area (Å²) in [6, 6.07) is 4.71. The number of halogens is 4. The molecule has 2 rings (SSSR count). The fourth-order valence-electron chi connectivity index (χ4n) is 3.24. The van der Waals surface area contributed by atoms with E-state index in [0.29, 0.717) is 18.2 Å². The van der Waals surface area contributed by atoms with Gasteiger partial charge in [-0.15, -0.1) is 0 Å². The van der Waals surface area contributed by atoms with Crippen molar-refractivity contribution in [1.29, 1.82) is 0 Å². The molecular formula is C20H20BrF3N2O6. The van der Waals surface area contributed by atoms with E-state index in [1.54, 1.807) is 0 Å². The first kappa shape index (κ1) is 25.4. The molecule has 1 aromatic carbocycles. The van der Waals surface area contributed by atoms with Gasteiger partial charge in [0.1, 0.15) is 5.70 Å². The van der Waals surface area contributed by atoms with Gasteiger partial charge in [0.25, 0.3) is 5.69 Å². The van der Waals surface area contributed by atoms with E-state index in [9.17, 15) is 32.9 Å². The van der Waals surface area contributed by atoms with E-state index in [0.717, 1.165) is 19.2 Å². The van der Waals surface area contributed by atoms with Gasteiger partial charge in [0.2, 0.25) is 0 Å². The predicted molar refractivity (Wildman–Crippen MR) is 111 cm³/mol. The van der Waals surface area contributed by atoms with Crippen LogP contribution < -0.4 is 5.32 Å². The van der Waals surface area contributed by atoms with Crippen LogP contribution in [0.2, 0.25) is 0 Å². The zero-order chi connectivity index (χ0) is 24.1. The Kier molecular flexibility index (Phi) is 8.42. The van der Waals surface area contributed by atoms with Crippen molar-refractivity contribution >= 4 is 33.6 Å². The second-order valence-corrected chi connectivity index (χ2v) is 7.55. The minimum atomic E-state index is -4.99. The van der Waals surface area contributed by atoms with Gasteiger partial charge in [0.15, 0.2) is 0 Å². The first-order chi connectivity index (χ1) is 15.0. The molecule has 32 heavy (non-hydrogen) atoms. The van der Waals surface area contributed by atoms with E-state index in [-0.39, 0.29) is 23.4 Å². The van der Waals surface area contributed by atoms with Gasteiger partial charge in [-0.25, -0.2) is 9.59 Å². The molecule has 0 radical (unpaired) electrons. The number of alkyl halides is 4. The van der Waals surface area contributed by atoms with Crippen molar-refractivity contribution in [2.24, 2.45) is 0 Å². The SMILES string of the molecule is COC(=O)C1=C(C)NC(C(F)(F)F)=C(C(=O)OCCCCBr)C1c1cccc([N+](=O)[O-])c1. The van der Waals surface area contributed by atoms with E-state index in [1.165, 1.54) is 19.1 Å². The molecule has 0 amide bonds. The second kappa shape index (κ2) is 10.6. The standard InChI is InChI=1S/C20H20BrF3N2O6/c1-11-14(18(27)31-2)15(12-6-5-7-13(10-12)26(29)30)16(17(25-11)20(22,23)24)19(28)32-9-4-3-8-21/h5-7,10,15,25H,3-4,8-9H2,1-2H3. The number of nitrogens with one attached hydrogen (secondary N) is 1. The highest BCUT2D eigenvalue weighted by Crippen LogP contribution is 2.43. The number of esters is 2. The van der Waals surface area contributed by atoms with Crippen molar-refractivity contribution in [2.45, 2.75) is 31.9 Å². The zero-order valence-corrected chi connectivity index (χ0v) is 18.7. The molecule has 1 N–H and O–H groups in total. The number of hydrogen-bond acceptors (Lipinski definition) is 7. The molecule has 0 saturated heterocycles. The molecule has 174 valence electrons. The lowest BCUT2D eigenvalue weighted by molar-refractivity contribution is -0.384. The summed E-state index contributed by atoms with van der Waals surface area (Å²) in [7, 11) is 1.04. The van der Waals surface area contributed by atoms with Crippen LogP contribution >= 0.6 is 15.9 Å². The Bertz CT molecular complexity index is 974. The zero-order valence-electron chi connectivity index (χ0n) is 17.1. The highest BCUT2D eigenvalue weighted by atomic mass is 79.9. The molecule has 1 unspecified atom stereocenters. The molecule has 1 aliphatic rings. The number of unbranched alkanes of at least 4 members (excludes halogenated alkanes) is 1. The lowest BCUT2D eigenvalue weighted by atomic mass is 9.80. The van der Waals surface area contributed by atoms with Crippen LogP contribution in [0.25, 0.3) is 0 Å². The fourth-order valence-corrected chi connectivity index (χ4v) is 3.64. The Labute approximate surface area is 189 Å². The maximum Gasteiger partial charge on any atom is 0.431 e. The normalized spacial score (nSPS) is 16.5. The monoisotopic (exact) mass is 520 g/mol. The van der Waals surface area contributed by atoms with Gasteiger partial charge >= 0.3 is 18.1 Å². The molecular weight excluding hydrogens is 501 g/mol. The molecule has 12 heteroatoms. The van der Waals surface area contributed by atoms with Gasteiger partial charge in [0.05, 0.1) is 35.7 Å². The minimum Gasteiger partial charge on any atom is -0.466 e. The van der Waals surface area contributed by atoms with Crippen LogP contribution in [0.15, 0.2) is 46.8 Å². The highest BCUT2D eigenvalue weighted by molar-refractivity contribution is 9.09. The topological polar surface area (TPSA) is 108 Å². The van der Waals surface area contributed by atoms with E-state index in [1.807, 2.05) is 0 Å². The Balaban J connectivity index is 2.72. The van der Waals surface area contributed by atoms with Crippen molar-refractivity contribution < 1.29 is 37.2 Å². The van der Waals surface area contributed by atoms with E-state index >= 15 is 0 Å². The Morgan fingerprint density at radius 1 is 1.22 bits per heavy atom. The highest BCUT2D eigenvalue weighted by Gasteiger charge is 2.47. The summed E-state index contributed by atoms with van der Waals surface area (Å²) in [6.07, 6.45) is -3.97. The molecule has 0 aromatic heterocycles. The molecule has 0 bridgehead atoms. The maximum absolute atomic E-state index is 13.9. The Morgan fingerprint density at radius 3 is 2.47 bits per heavy atom. The third-order valence-electron chi connectivity index (χ3n) is 4.65. The fraction of sp³-hybridized carbons (Fsp3) is 0.400. The summed E-state index contributed by atoms with van der Waals surface area (Å²) in [5.74, 6) is -3.87. The average Bonchev–Trinajstić information content (AvgIpc) is 2.74. The number of non-ortho nitro benzene ring substituents is 1. The quantitative estimate of drug-likeness (QED) is 0.179. The van der Waals surface area contributed by atoms with Gasteiger partial charge in [0, 0.05) is 23.2 Å². The van der Waals surface area contributed by atoms with Crippen LogP contribution in [0.5, 0.6) is 0 Å². The molecule has 0 saturated carbocycles. The third-order valence-corrected chi connectivity index (χ3v) is 5.21. The second-order valence-electron chi connectivity index (χ2n) is 6.76. The van der Waals surface area contributed by atoms with Crippen LogP contribution in [0.3, 0.4) is 0 Å². The van der Waals surface area contributed by atoms with Crippen molar-refractivity contribution in [3.63, 3.8) is 0 Å². The average molecular weight is 521 g/mol. The van der Waals surface area contributed by atoms with Crippen molar-refractivity contribution in [1.82, 2.24) is 5.32 Å². The number of hydrogen-bond donors (Lipinski definition) is 1. The first-order valence-corrected chi connectivity index (χ1v) is 10.5. The molecule has 0 spiro atoms. The number of nitro benzene ring substituents is 1. The molecule has 0 fully saturated rings. The number of nitrogens with zero attached hydrogens (tertiary/aromatic N) is 1. The predicted octanol–water partition coefficient (Wildman–Crippen LogP) is 4.26. The van der Waals surface area contributed by atoms with E-state index in [4.69, 9.17) is 9.47 Å². The van der Waals surface area contributed by atoms with Crippen LogP contribution in [0, 0.1) is 10.1 Å². The van der Waals surface area contributed by atoms with Gasteiger partial charge in [-0.1, -0.05) is 28.1 Å². The molecule has 1 aromatic rings. The summed E-state index contributed by atoms with van der Waals surface area (Å²) in [6.45, 7) is 1.08. The van der Waals surface area contributed by atoms with Gasteiger partial charge in [-0.3, -0.25) is 10.1 Å². The lowest BCUT2D eigenvalue weighted by Gasteiger charge is -2.32. The largest absolute Gasteiger partial charge is 0.466 e. The molecule has 1 heterocycles. The van der Waals surface area contributed by atoms with E-state index < -0.39 is 45.9 Å². The van der Waals surface area contributed by atoms with Gasteiger partial charge < -0.3 is 14.8 Å². The summed E-state index contributed by atoms with van der Waals surface area (Å²) >= 11 is 3.20. The molecule has 1 aliphatic heterocycles. The van der Waals surface area contributed by atoms with Gasteiger partial charge in [-0.05, 0) is 25.3 Å². The minimum absolute atomic E-state index is 0.0605. The number of dihydropyridines is 1. The molecule has 1 atom stereocenters. The van der Waals surface area contributed by atoms with E-state index in [2.05, 4.69) is 21.2 Å². The number of methoxy groups -OCH3 is 1. The first-order valence-electron chi connectivity index (χ1n) is 9.37. The Hall–Kier alpha value is -2.89. The van der Waals surface area contributed by atoms with Crippen molar-refractivity contribution in [3.8, 4) is 0 Å². The number of ether oxygens (including phenoxy) is 2. The lowest BCUT2D eigenvalue weighted by Crippen LogP contribution is -2.38.